The summed E-state index contributed by atoms with van der Waals surface area (Å²) >= 11 is 0. The van der Waals surface area contributed by atoms with Crippen LogP contribution in [0.4, 0.5) is 23.7 Å². The standard InChI is InChI=1S/C17H23F3N2O2/c1-16(2,3)24-15(23)22-8-6-11(7-9-22)12-4-5-13(14(21)10-12)17(18,19)20/h4-5,10-11H,6-9,21H2,1-3H3. The fourth-order valence-corrected chi connectivity index (χ4v) is 2.82. The Labute approximate surface area is 139 Å². The van der Waals surface area contributed by atoms with Crippen molar-refractivity contribution in [2.45, 2.75) is 51.3 Å². The molecular weight excluding hydrogens is 321 g/mol. The summed E-state index contributed by atoms with van der Waals surface area (Å²) in [7, 11) is 0. The van der Waals surface area contributed by atoms with Crippen LogP contribution in [0, 0.1) is 0 Å². The van der Waals surface area contributed by atoms with Gasteiger partial charge in [-0.2, -0.15) is 13.2 Å². The lowest BCUT2D eigenvalue weighted by molar-refractivity contribution is -0.136. The molecule has 2 rings (SSSR count). The molecule has 1 aliphatic rings. The van der Waals surface area contributed by atoms with E-state index in [0.29, 0.717) is 25.9 Å². The van der Waals surface area contributed by atoms with Crippen molar-refractivity contribution in [3.8, 4) is 0 Å². The van der Waals surface area contributed by atoms with Crippen LogP contribution in [0.25, 0.3) is 0 Å². The maximum absolute atomic E-state index is 12.8. The van der Waals surface area contributed by atoms with Crippen LogP contribution in [-0.4, -0.2) is 29.7 Å². The summed E-state index contributed by atoms with van der Waals surface area (Å²) in [6, 6.07) is 3.91. The molecule has 0 aromatic heterocycles. The van der Waals surface area contributed by atoms with E-state index in [-0.39, 0.29) is 17.7 Å². The highest BCUT2D eigenvalue weighted by Gasteiger charge is 2.33. The molecule has 1 heterocycles. The highest BCUT2D eigenvalue weighted by atomic mass is 19.4. The van der Waals surface area contributed by atoms with E-state index >= 15 is 0 Å². The Balaban J connectivity index is 2.00. The molecule has 24 heavy (non-hydrogen) atoms. The van der Waals surface area contributed by atoms with Gasteiger partial charge in [-0.05, 0) is 57.2 Å². The molecule has 1 aromatic rings. The largest absolute Gasteiger partial charge is 0.444 e. The average Bonchev–Trinajstić information content (AvgIpc) is 2.44. The van der Waals surface area contributed by atoms with E-state index in [0.717, 1.165) is 11.6 Å². The van der Waals surface area contributed by atoms with E-state index in [2.05, 4.69) is 0 Å². The zero-order valence-corrected chi connectivity index (χ0v) is 14.1. The molecule has 7 heteroatoms. The van der Waals surface area contributed by atoms with E-state index in [1.807, 2.05) is 20.8 Å². The molecule has 0 unspecified atom stereocenters. The first kappa shape index (κ1) is 18.4. The quantitative estimate of drug-likeness (QED) is 0.768. The number of nitrogen functional groups attached to an aromatic ring is 1. The number of rotatable bonds is 1. The van der Waals surface area contributed by atoms with Crippen LogP contribution in [0.15, 0.2) is 18.2 Å². The van der Waals surface area contributed by atoms with Crippen LogP contribution < -0.4 is 5.73 Å². The zero-order valence-electron chi connectivity index (χ0n) is 14.1. The number of nitrogens with zero attached hydrogens (tertiary/aromatic N) is 1. The number of nitrogens with two attached hydrogens (primary N) is 1. The summed E-state index contributed by atoms with van der Waals surface area (Å²) in [6.07, 6.45) is -3.45. The van der Waals surface area contributed by atoms with Crippen molar-refractivity contribution in [3.63, 3.8) is 0 Å². The minimum atomic E-state index is -4.44. The molecule has 0 saturated carbocycles. The highest BCUT2D eigenvalue weighted by molar-refractivity contribution is 5.68. The van der Waals surface area contributed by atoms with E-state index in [9.17, 15) is 18.0 Å². The number of carbonyl (C=O) groups excluding carboxylic acids is 1. The third kappa shape index (κ3) is 4.55. The number of halogens is 3. The van der Waals surface area contributed by atoms with Gasteiger partial charge in [0.1, 0.15) is 5.60 Å². The minimum absolute atomic E-state index is 0.0910. The van der Waals surface area contributed by atoms with E-state index in [1.165, 1.54) is 12.1 Å². The number of hydrogen-bond donors (Lipinski definition) is 1. The van der Waals surface area contributed by atoms with Gasteiger partial charge >= 0.3 is 12.3 Å². The summed E-state index contributed by atoms with van der Waals surface area (Å²) in [5.74, 6) is 0.0910. The van der Waals surface area contributed by atoms with Crippen LogP contribution in [0.5, 0.6) is 0 Å². The molecule has 1 saturated heterocycles. The number of piperidine rings is 1. The molecule has 0 spiro atoms. The number of likely N-dealkylation sites (tertiary alicyclic amines) is 1. The predicted molar refractivity (Wildman–Crippen MR) is 85.6 cm³/mol. The van der Waals surface area contributed by atoms with Gasteiger partial charge < -0.3 is 15.4 Å². The molecule has 1 fully saturated rings. The summed E-state index contributed by atoms with van der Waals surface area (Å²) < 4.78 is 43.6. The van der Waals surface area contributed by atoms with Crippen molar-refractivity contribution in [3.05, 3.63) is 29.3 Å². The Morgan fingerprint density at radius 1 is 1.21 bits per heavy atom. The van der Waals surface area contributed by atoms with Gasteiger partial charge in [0.25, 0.3) is 0 Å². The molecular formula is C17H23F3N2O2. The fourth-order valence-electron chi connectivity index (χ4n) is 2.82. The number of ether oxygens (including phenoxy) is 1. The van der Waals surface area contributed by atoms with E-state index in [1.54, 1.807) is 4.90 Å². The smallest absolute Gasteiger partial charge is 0.418 e. The molecule has 1 aromatic carbocycles. The molecule has 0 bridgehead atoms. The third-order valence-corrected chi connectivity index (χ3v) is 4.00. The Bertz CT molecular complexity index is 601. The second-order valence-corrected chi connectivity index (χ2v) is 7.09. The number of carbonyl (C=O) groups is 1. The SMILES string of the molecule is CC(C)(C)OC(=O)N1CCC(c2ccc(C(F)(F)F)c(N)c2)CC1. The number of hydrogen-bond acceptors (Lipinski definition) is 3. The number of amides is 1. The van der Waals surface area contributed by atoms with E-state index < -0.39 is 17.3 Å². The lowest BCUT2D eigenvalue weighted by atomic mass is 9.88. The number of anilines is 1. The van der Waals surface area contributed by atoms with Gasteiger partial charge in [-0.3, -0.25) is 0 Å². The highest BCUT2D eigenvalue weighted by Crippen LogP contribution is 2.36. The number of benzene rings is 1. The summed E-state index contributed by atoms with van der Waals surface area (Å²) in [4.78, 5) is 13.7. The summed E-state index contributed by atoms with van der Waals surface area (Å²) in [6.45, 7) is 6.45. The summed E-state index contributed by atoms with van der Waals surface area (Å²) in [5, 5.41) is 0. The van der Waals surface area contributed by atoms with Crippen LogP contribution in [0.1, 0.15) is 50.7 Å². The van der Waals surface area contributed by atoms with Gasteiger partial charge in [0, 0.05) is 18.8 Å². The first-order valence-electron chi connectivity index (χ1n) is 7.92. The maximum Gasteiger partial charge on any atom is 0.418 e. The van der Waals surface area contributed by atoms with Gasteiger partial charge in [0.05, 0.1) is 5.56 Å². The Morgan fingerprint density at radius 2 is 1.79 bits per heavy atom. The second-order valence-electron chi connectivity index (χ2n) is 7.09. The Hall–Kier alpha value is -1.92. The molecule has 1 aliphatic heterocycles. The molecule has 0 radical (unpaired) electrons. The normalized spacial score (nSPS) is 17.0. The van der Waals surface area contributed by atoms with Crippen molar-refractivity contribution in [1.82, 2.24) is 4.90 Å². The van der Waals surface area contributed by atoms with Crippen molar-refractivity contribution in [1.29, 1.82) is 0 Å². The van der Waals surface area contributed by atoms with Crippen LogP contribution in [0.2, 0.25) is 0 Å². The van der Waals surface area contributed by atoms with Crippen molar-refractivity contribution < 1.29 is 22.7 Å². The number of alkyl halides is 3. The van der Waals surface area contributed by atoms with Crippen molar-refractivity contribution >= 4 is 11.8 Å². The molecule has 134 valence electrons. The van der Waals surface area contributed by atoms with Crippen molar-refractivity contribution in [2.24, 2.45) is 0 Å². The van der Waals surface area contributed by atoms with Gasteiger partial charge in [-0.1, -0.05) is 6.07 Å². The molecule has 4 nitrogen and oxygen atoms in total. The van der Waals surface area contributed by atoms with Gasteiger partial charge in [-0.15, -0.1) is 0 Å². The monoisotopic (exact) mass is 344 g/mol. The molecule has 0 aliphatic carbocycles. The van der Waals surface area contributed by atoms with Gasteiger partial charge in [-0.25, -0.2) is 4.79 Å². The van der Waals surface area contributed by atoms with Gasteiger partial charge in [0.2, 0.25) is 0 Å². The average molecular weight is 344 g/mol. The molecule has 0 atom stereocenters. The topological polar surface area (TPSA) is 55.6 Å². The van der Waals surface area contributed by atoms with Crippen LogP contribution in [0.3, 0.4) is 0 Å². The first-order valence-corrected chi connectivity index (χ1v) is 7.92. The van der Waals surface area contributed by atoms with E-state index in [4.69, 9.17) is 10.5 Å². The predicted octanol–water partition coefficient (Wildman–Crippen LogP) is 4.40. The molecule has 2 N–H and O–H groups in total. The van der Waals surface area contributed by atoms with Crippen LogP contribution >= 0.6 is 0 Å². The molecule has 1 amide bonds. The van der Waals surface area contributed by atoms with Crippen molar-refractivity contribution in [2.75, 3.05) is 18.8 Å². The second kappa shape index (κ2) is 6.53. The Kier molecular flexibility index (Phi) is 5.01. The lowest BCUT2D eigenvalue weighted by Crippen LogP contribution is -2.41. The zero-order chi connectivity index (χ0) is 18.1. The minimum Gasteiger partial charge on any atom is -0.444 e. The maximum atomic E-state index is 12.8. The van der Waals surface area contributed by atoms with Gasteiger partial charge in [0.15, 0.2) is 0 Å². The Morgan fingerprint density at radius 3 is 2.25 bits per heavy atom. The first-order chi connectivity index (χ1) is 11.0. The lowest BCUT2D eigenvalue weighted by Gasteiger charge is -2.33. The summed E-state index contributed by atoms with van der Waals surface area (Å²) in [5.41, 5.74) is 4.73. The van der Waals surface area contributed by atoms with Crippen LogP contribution in [-0.2, 0) is 10.9 Å². The fraction of sp³-hybridized carbons (Fsp3) is 0.588. The third-order valence-electron chi connectivity index (χ3n) is 4.00.